The molecule has 2 amide bonds. The number of hydrogen-bond donors (Lipinski definition) is 3. The number of ether oxygens (including phenoxy) is 1. The minimum absolute atomic E-state index is 0.0466. The molecule has 0 atom stereocenters. The second kappa shape index (κ2) is 8.26. The van der Waals surface area contributed by atoms with Crippen LogP contribution in [0.2, 0.25) is 0 Å². The molecular weight excluding hydrogens is 284 g/mol. The normalized spacial score (nSPS) is 14.5. The van der Waals surface area contributed by atoms with Gasteiger partial charge >= 0.3 is 12.0 Å². The van der Waals surface area contributed by atoms with Gasteiger partial charge in [-0.2, -0.15) is 0 Å². The molecule has 1 saturated carbocycles. The van der Waals surface area contributed by atoms with Gasteiger partial charge in [0.2, 0.25) is 0 Å². The van der Waals surface area contributed by atoms with Crippen LogP contribution in [-0.2, 0) is 4.79 Å². The summed E-state index contributed by atoms with van der Waals surface area (Å²) in [5, 5.41) is 13.9. The molecule has 0 bridgehead atoms. The van der Waals surface area contributed by atoms with E-state index in [0.717, 1.165) is 18.6 Å². The first-order valence-electron chi connectivity index (χ1n) is 7.67. The summed E-state index contributed by atoms with van der Waals surface area (Å²) in [5.41, 5.74) is 0.659. The van der Waals surface area contributed by atoms with Crippen LogP contribution in [0, 0.1) is 0 Å². The fraction of sp³-hybridized carbons (Fsp3) is 0.500. The molecule has 0 heterocycles. The number of carbonyl (C=O) groups is 2. The molecule has 0 unspecified atom stereocenters. The van der Waals surface area contributed by atoms with E-state index in [1.807, 2.05) is 12.1 Å². The Morgan fingerprint density at radius 2 is 2.05 bits per heavy atom. The van der Waals surface area contributed by atoms with Gasteiger partial charge in [0.15, 0.2) is 0 Å². The van der Waals surface area contributed by atoms with Crippen LogP contribution in [0.5, 0.6) is 5.75 Å². The third-order valence-electron chi connectivity index (χ3n) is 3.55. The van der Waals surface area contributed by atoms with E-state index in [1.54, 1.807) is 12.1 Å². The molecule has 6 heteroatoms. The number of urea groups is 1. The number of carboxylic acids is 1. The molecule has 1 aliphatic carbocycles. The lowest BCUT2D eigenvalue weighted by molar-refractivity contribution is -0.137. The zero-order valence-electron chi connectivity index (χ0n) is 12.5. The molecule has 0 aliphatic heterocycles. The maximum Gasteiger partial charge on any atom is 0.319 e. The van der Waals surface area contributed by atoms with Crippen LogP contribution in [-0.4, -0.2) is 29.8 Å². The Bertz CT molecular complexity index is 513. The zero-order chi connectivity index (χ0) is 15.8. The van der Waals surface area contributed by atoms with Crippen molar-refractivity contribution in [2.24, 2.45) is 0 Å². The van der Waals surface area contributed by atoms with Crippen molar-refractivity contribution in [3.8, 4) is 5.75 Å². The fourth-order valence-electron chi connectivity index (χ4n) is 2.46. The van der Waals surface area contributed by atoms with E-state index >= 15 is 0 Å². The number of anilines is 1. The van der Waals surface area contributed by atoms with E-state index < -0.39 is 5.97 Å². The van der Waals surface area contributed by atoms with Crippen molar-refractivity contribution >= 4 is 17.7 Å². The number of rotatable bonds is 7. The second-order valence-corrected chi connectivity index (χ2v) is 5.43. The average molecular weight is 306 g/mol. The lowest BCUT2D eigenvalue weighted by Crippen LogP contribution is -2.29. The molecule has 6 nitrogen and oxygen atoms in total. The lowest BCUT2D eigenvalue weighted by Gasteiger charge is -2.14. The van der Waals surface area contributed by atoms with Gasteiger partial charge in [-0.3, -0.25) is 4.79 Å². The molecule has 0 saturated heterocycles. The van der Waals surface area contributed by atoms with Crippen LogP contribution in [0.25, 0.3) is 0 Å². The lowest BCUT2D eigenvalue weighted by atomic mass is 10.2. The summed E-state index contributed by atoms with van der Waals surface area (Å²) < 4.78 is 5.89. The van der Waals surface area contributed by atoms with Crippen molar-refractivity contribution in [3.63, 3.8) is 0 Å². The van der Waals surface area contributed by atoms with Crippen LogP contribution in [0.15, 0.2) is 24.3 Å². The Kier molecular flexibility index (Phi) is 6.06. The molecule has 1 fully saturated rings. The van der Waals surface area contributed by atoms with E-state index in [0.29, 0.717) is 18.7 Å². The van der Waals surface area contributed by atoms with Gasteiger partial charge in [-0.25, -0.2) is 4.79 Å². The second-order valence-electron chi connectivity index (χ2n) is 5.43. The molecule has 1 aromatic carbocycles. The van der Waals surface area contributed by atoms with Gasteiger partial charge in [-0.15, -0.1) is 0 Å². The highest BCUT2D eigenvalue weighted by Crippen LogP contribution is 2.25. The molecule has 0 aromatic heterocycles. The van der Waals surface area contributed by atoms with E-state index in [4.69, 9.17) is 9.84 Å². The topological polar surface area (TPSA) is 87.7 Å². The Hall–Kier alpha value is -2.24. The predicted molar refractivity (Wildman–Crippen MR) is 83.2 cm³/mol. The van der Waals surface area contributed by atoms with Gasteiger partial charge in [-0.1, -0.05) is 6.07 Å². The number of carbonyl (C=O) groups excluding carboxylic acids is 1. The summed E-state index contributed by atoms with van der Waals surface area (Å²) in [6, 6.07) is 6.97. The largest absolute Gasteiger partial charge is 0.490 e. The van der Waals surface area contributed by atoms with E-state index in [2.05, 4.69) is 10.6 Å². The molecule has 1 aliphatic rings. The molecular formula is C16H22N2O4. The minimum Gasteiger partial charge on any atom is -0.490 e. The monoisotopic (exact) mass is 306 g/mol. The summed E-state index contributed by atoms with van der Waals surface area (Å²) >= 11 is 0. The molecule has 1 aromatic rings. The molecule has 2 rings (SSSR count). The molecule has 3 N–H and O–H groups in total. The average Bonchev–Trinajstić information content (AvgIpc) is 2.97. The summed E-state index contributed by atoms with van der Waals surface area (Å²) in [6.45, 7) is 0.330. The Balaban J connectivity index is 1.76. The van der Waals surface area contributed by atoms with Crippen molar-refractivity contribution in [2.75, 3.05) is 11.9 Å². The van der Waals surface area contributed by atoms with Crippen LogP contribution in [0.3, 0.4) is 0 Å². The van der Waals surface area contributed by atoms with Gasteiger partial charge in [0.05, 0.1) is 6.10 Å². The van der Waals surface area contributed by atoms with Gasteiger partial charge in [0.1, 0.15) is 5.75 Å². The van der Waals surface area contributed by atoms with Crippen LogP contribution < -0.4 is 15.4 Å². The van der Waals surface area contributed by atoms with Crippen molar-refractivity contribution in [2.45, 2.75) is 44.6 Å². The van der Waals surface area contributed by atoms with Crippen LogP contribution in [0.4, 0.5) is 10.5 Å². The summed E-state index contributed by atoms with van der Waals surface area (Å²) in [4.78, 5) is 22.1. The third-order valence-corrected chi connectivity index (χ3v) is 3.55. The number of benzene rings is 1. The summed E-state index contributed by atoms with van der Waals surface area (Å²) in [7, 11) is 0. The first-order valence-corrected chi connectivity index (χ1v) is 7.67. The standard InChI is InChI=1S/C16H22N2O4/c19-15(20)9-4-10-17-16(21)18-12-5-3-8-14(11-12)22-13-6-1-2-7-13/h3,5,8,11,13H,1-2,4,6-7,9-10H2,(H,19,20)(H2,17,18,21). The zero-order valence-corrected chi connectivity index (χ0v) is 12.5. The van der Waals surface area contributed by atoms with Crippen molar-refractivity contribution in [3.05, 3.63) is 24.3 Å². The Labute approximate surface area is 129 Å². The number of amides is 2. The highest BCUT2D eigenvalue weighted by atomic mass is 16.5. The van der Waals surface area contributed by atoms with Gasteiger partial charge in [0, 0.05) is 24.7 Å². The van der Waals surface area contributed by atoms with Gasteiger partial charge < -0.3 is 20.5 Å². The SMILES string of the molecule is O=C(O)CCCNC(=O)Nc1cccc(OC2CCCC2)c1. The summed E-state index contributed by atoms with van der Waals surface area (Å²) in [5.74, 6) is -0.102. The number of carboxylic acid groups (broad SMARTS) is 1. The Morgan fingerprint density at radius 1 is 1.27 bits per heavy atom. The summed E-state index contributed by atoms with van der Waals surface area (Å²) in [6.07, 6.45) is 5.32. The number of nitrogens with one attached hydrogen (secondary N) is 2. The van der Waals surface area contributed by atoms with Crippen LogP contribution in [0.1, 0.15) is 38.5 Å². The van der Waals surface area contributed by atoms with Crippen molar-refractivity contribution in [1.29, 1.82) is 0 Å². The molecule has 0 spiro atoms. The molecule has 0 radical (unpaired) electrons. The predicted octanol–water partition coefficient (Wildman–Crippen LogP) is 2.99. The van der Waals surface area contributed by atoms with E-state index in [-0.39, 0.29) is 18.6 Å². The highest BCUT2D eigenvalue weighted by molar-refractivity contribution is 5.89. The minimum atomic E-state index is -0.862. The van der Waals surface area contributed by atoms with Crippen LogP contribution >= 0.6 is 0 Å². The maximum absolute atomic E-state index is 11.7. The van der Waals surface area contributed by atoms with Crippen molar-refractivity contribution in [1.82, 2.24) is 5.32 Å². The number of hydrogen-bond acceptors (Lipinski definition) is 3. The fourth-order valence-corrected chi connectivity index (χ4v) is 2.46. The number of aliphatic carboxylic acids is 1. The molecule has 22 heavy (non-hydrogen) atoms. The van der Waals surface area contributed by atoms with Gasteiger partial charge in [0.25, 0.3) is 0 Å². The Morgan fingerprint density at radius 3 is 2.77 bits per heavy atom. The van der Waals surface area contributed by atoms with Gasteiger partial charge in [-0.05, 0) is 44.2 Å². The first kappa shape index (κ1) is 16.1. The smallest absolute Gasteiger partial charge is 0.319 e. The van der Waals surface area contributed by atoms with E-state index in [9.17, 15) is 9.59 Å². The van der Waals surface area contributed by atoms with Crippen molar-refractivity contribution < 1.29 is 19.4 Å². The molecule has 120 valence electrons. The quantitative estimate of drug-likeness (QED) is 0.676. The van der Waals surface area contributed by atoms with E-state index in [1.165, 1.54) is 12.8 Å². The first-order chi connectivity index (χ1) is 10.6. The third kappa shape index (κ3) is 5.63. The highest BCUT2D eigenvalue weighted by Gasteiger charge is 2.16. The maximum atomic E-state index is 11.7.